The molecule has 0 aromatic heterocycles. The van der Waals surface area contributed by atoms with Crippen LogP contribution in [0.1, 0.15) is 0 Å². The number of hydrogen-bond donors (Lipinski definition) is 2. The Bertz CT molecular complexity index is 1390. The van der Waals surface area contributed by atoms with E-state index in [9.17, 15) is 25.9 Å². The van der Waals surface area contributed by atoms with Crippen molar-refractivity contribution in [1.29, 1.82) is 0 Å². The fourth-order valence-corrected chi connectivity index (χ4v) is 12.0. The van der Waals surface area contributed by atoms with Crippen molar-refractivity contribution in [3.8, 4) is 0 Å². The van der Waals surface area contributed by atoms with Gasteiger partial charge in [-0.25, -0.2) is 0 Å². The van der Waals surface area contributed by atoms with E-state index in [1.54, 1.807) is 84.9 Å². The van der Waals surface area contributed by atoms with Gasteiger partial charge < -0.3 is 0 Å². The van der Waals surface area contributed by atoms with Gasteiger partial charge >= 0.3 is 194 Å². The summed E-state index contributed by atoms with van der Waals surface area (Å²) >= 11 is 0. The number of benzene rings is 4. The number of hydrogen-bond acceptors (Lipinski definition) is 4. The summed E-state index contributed by atoms with van der Waals surface area (Å²) in [5.74, 6) is 0. The van der Waals surface area contributed by atoms with Crippen LogP contribution in [0, 0.1) is 0 Å². The van der Waals surface area contributed by atoms with Crippen LogP contribution in [0.3, 0.4) is 0 Å². The molecule has 0 radical (unpaired) electrons. The first-order chi connectivity index (χ1) is 15.7. The molecule has 0 fully saturated rings. The molecule has 0 aliphatic rings. The minimum absolute atomic E-state index is 0.279. The molecule has 4 aromatic carbocycles. The van der Waals surface area contributed by atoms with Gasteiger partial charge in [-0.3, -0.25) is 0 Å². The van der Waals surface area contributed by atoms with E-state index in [0.29, 0.717) is 10.6 Å². The summed E-state index contributed by atoms with van der Waals surface area (Å²) in [6.45, 7) is 0. The molecule has 0 saturated heterocycles. The van der Waals surface area contributed by atoms with Gasteiger partial charge in [0, 0.05) is 0 Å². The molecule has 33 heavy (non-hydrogen) atoms. The average Bonchev–Trinajstić information content (AvgIpc) is 2.80. The Morgan fingerprint density at radius 2 is 0.758 bits per heavy atom. The van der Waals surface area contributed by atoms with E-state index in [-0.39, 0.29) is 20.4 Å². The van der Waals surface area contributed by atoms with Crippen molar-refractivity contribution in [2.75, 3.05) is 0 Å². The fraction of sp³-hybridized carbons (Fsp3) is 0. The molecule has 0 spiro atoms. The SMILES string of the molecule is O=S(=O)(O)c1ccccc1[PH](c1ccccc1)(c1ccccc1)c1ccccc1S(=O)(=O)O. The van der Waals surface area contributed by atoms with Crippen LogP contribution in [-0.4, -0.2) is 25.9 Å². The first kappa shape index (κ1) is 23.3. The van der Waals surface area contributed by atoms with Crippen molar-refractivity contribution in [1.82, 2.24) is 0 Å². The molecule has 0 saturated carbocycles. The average molecular weight is 501 g/mol. The normalized spacial score (nSPS) is 12.9. The summed E-state index contributed by atoms with van der Waals surface area (Å²) in [6.07, 6.45) is 0. The Labute approximate surface area is 193 Å². The zero-order valence-electron chi connectivity index (χ0n) is 17.2. The molecule has 0 amide bonds. The third kappa shape index (κ3) is 4.24. The third-order valence-electron chi connectivity index (χ3n) is 5.55. The fourth-order valence-electron chi connectivity index (χ4n) is 4.31. The van der Waals surface area contributed by atoms with Crippen LogP contribution in [0.2, 0.25) is 0 Å². The molecule has 4 aromatic rings. The zero-order chi connectivity index (χ0) is 23.7. The second kappa shape index (κ2) is 8.82. The van der Waals surface area contributed by atoms with E-state index in [4.69, 9.17) is 0 Å². The first-order valence-electron chi connectivity index (χ1n) is 9.92. The van der Waals surface area contributed by atoms with E-state index in [2.05, 4.69) is 0 Å². The third-order valence-corrected chi connectivity index (χ3v) is 12.6. The van der Waals surface area contributed by atoms with Gasteiger partial charge in [-0.15, -0.1) is 0 Å². The van der Waals surface area contributed by atoms with Crippen LogP contribution >= 0.6 is 7.26 Å². The Balaban J connectivity index is 2.33. The van der Waals surface area contributed by atoms with Gasteiger partial charge in [0.2, 0.25) is 0 Å². The second-order valence-corrected chi connectivity index (χ2v) is 13.9. The predicted molar refractivity (Wildman–Crippen MR) is 132 cm³/mol. The molecular formula is C24H21O6PS2. The van der Waals surface area contributed by atoms with Crippen molar-refractivity contribution in [2.45, 2.75) is 9.79 Å². The summed E-state index contributed by atoms with van der Waals surface area (Å²) < 4.78 is 70.2. The maximum absolute atomic E-state index is 12.5. The molecule has 0 unspecified atom stereocenters. The summed E-state index contributed by atoms with van der Waals surface area (Å²) in [6, 6.07) is 30.0. The van der Waals surface area contributed by atoms with Crippen LogP contribution in [0.5, 0.6) is 0 Å². The Morgan fingerprint density at radius 1 is 0.455 bits per heavy atom. The number of rotatable bonds is 6. The van der Waals surface area contributed by atoms with E-state index >= 15 is 0 Å². The first-order valence-corrected chi connectivity index (χ1v) is 14.8. The Morgan fingerprint density at radius 3 is 1.09 bits per heavy atom. The van der Waals surface area contributed by atoms with E-state index in [1.807, 2.05) is 0 Å². The quantitative estimate of drug-likeness (QED) is 0.311. The molecule has 4 rings (SSSR count). The van der Waals surface area contributed by atoms with Gasteiger partial charge in [-0.05, 0) is 0 Å². The second-order valence-electron chi connectivity index (χ2n) is 7.42. The summed E-state index contributed by atoms with van der Waals surface area (Å²) in [5.41, 5.74) is 0. The molecule has 0 atom stereocenters. The zero-order valence-corrected chi connectivity index (χ0v) is 19.9. The van der Waals surface area contributed by atoms with Gasteiger partial charge in [0.1, 0.15) is 0 Å². The van der Waals surface area contributed by atoms with Crippen LogP contribution < -0.4 is 21.2 Å². The van der Waals surface area contributed by atoms with Crippen molar-refractivity contribution in [2.24, 2.45) is 0 Å². The molecule has 0 heterocycles. The van der Waals surface area contributed by atoms with Crippen LogP contribution in [0.25, 0.3) is 0 Å². The van der Waals surface area contributed by atoms with Crippen molar-refractivity contribution < 1.29 is 25.9 Å². The summed E-state index contributed by atoms with van der Waals surface area (Å²) in [5, 5.41) is 1.92. The molecule has 0 bridgehead atoms. The summed E-state index contributed by atoms with van der Waals surface area (Å²) in [4.78, 5) is -0.621. The van der Waals surface area contributed by atoms with Crippen molar-refractivity contribution >= 4 is 48.7 Å². The molecular weight excluding hydrogens is 479 g/mol. The standard InChI is InChI=1S/C24H21O6PS2/c25-32(26,27)23-17-9-7-15-21(23)31(19-11-3-1-4-12-19,20-13-5-2-6-14-20)22-16-8-10-18-24(22)33(28,29)30/h1-18,31H,(H,25,26,27)(H,28,29,30). The molecule has 9 heteroatoms. The maximum atomic E-state index is 12.5. The molecule has 170 valence electrons. The van der Waals surface area contributed by atoms with Crippen molar-refractivity contribution in [3.05, 3.63) is 109 Å². The molecule has 2 N–H and O–H groups in total. The van der Waals surface area contributed by atoms with Crippen molar-refractivity contribution in [3.63, 3.8) is 0 Å². The monoisotopic (exact) mass is 500 g/mol. The van der Waals surface area contributed by atoms with Gasteiger partial charge in [0.05, 0.1) is 0 Å². The Hall–Kier alpha value is -2.87. The molecule has 0 aliphatic carbocycles. The van der Waals surface area contributed by atoms with Gasteiger partial charge in [-0.2, -0.15) is 0 Å². The molecule has 6 nitrogen and oxygen atoms in total. The van der Waals surface area contributed by atoms with Crippen LogP contribution in [0.4, 0.5) is 0 Å². The van der Waals surface area contributed by atoms with Crippen LogP contribution in [0.15, 0.2) is 119 Å². The van der Waals surface area contributed by atoms with E-state index < -0.39 is 27.5 Å². The topological polar surface area (TPSA) is 109 Å². The predicted octanol–water partition coefficient (Wildman–Crippen LogP) is 2.53. The summed E-state index contributed by atoms with van der Waals surface area (Å²) in [7, 11) is -13.0. The van der Waals surface area contributed by atoms with E-state index in [0.717, 1.165) is 0 Å². The van der Waals surface area contributed by atoms with Gasteiger partial charge in [0.15, 0.2) is 0 Å². The van der Waals surface area contributed by atoms with Crippen LogP contribution in [-0.2, 0) is 20.2 Å². The Kier molecular flexibility index (Phi) is 6.22. The molecule has 0 aliphatic heterocycles. The van der Waals surface area contributed by atoms with Gasteiger partial charge in [0.25, 0.3) is 0 Å². The minimum atomic E-state index is -4.67. The van der Waals surface area contributed by atoms with Gasteiger partial charge in [-0.1, -0.05) is 0 Å². The van der Waals surface area contributed by atoms with E-state index in [1.165, 1.54) is 24.3 Å².